The van der Waals surface area contributed by atoms with Crippen molar-refractivity contribution in [2.75, 3.05) is 0 Å². The highest BCUT2D eigenvalue weighted by molar-refractivity contribution is 5.89. The van der Waals surface area contributed by atoms with Crippen LogP contribution in [0.15, 0.2) is 29.0 Å². The average molecular weight is 256 g/mol. The second-order valence-electron chi connectivity index (χ2n) is 5.70. The van der Waals surface area contributed by atoms with Crippen LogP contribution in [0.4, 0.5) is 0 Å². The Labute approximate surface area is 111 Å². The molecule has 0 aliphatic rings. The van der Waals surface area contributed by atoms with E-state index in [0.717, 1.165) is 16.6 Å². The highest BCUT2D eigenvalue weighted by atomic mass is 16.5. The zero-order valence-corrected chi connectivity index (χ0v) is 11.5. The molecule has 3 aromatic rings. The third-order valence-electron chi connectivity index (χ3n) is 3.06. The molecule has 19 heavy (non-hydrogen) atoms. The van der Waals surface area contributed by atoms with Crippen LogP contribution in [0.1, 0.15) is 26.6 Å². The first-order valence-electron chi connectivity index (χ1n) is 6.21. The summed E-state index contributed by atoms with van der Waals surface area (Å²) in [5.74, 6) is 1.25. The van der Waals surface area contributed by atoms with Crippen LogP contribution in [0, 0.1) is 0 Å². The number of imidazole rings is 1. The maximum absolute atomic E-state index is 5.41. The minimum absolute atomic E-state index is 0.123. The van der Waals surface area contributed by atoms with Crippen LogP contribution in [-0.4, -0.2) is 19.7 Å². The van der Waals surface area contributed by atoms with Gasteiger partial charge in [-0.3, -0.25) is 0 Å². The summed E-state index contributed by atoms with van der Waals surface area (Å²) < 4.78 is 7.37. The normalized spacial score (nSPS) is 12.2. The number of hydrogen-bond acceptors (Lipinski definition) is 4. The third-order valence-corrected chi connectivity index (χ3v) is 3.06. The summed E-state index contributed by atoms with van der Waals surface area (Å²) in [6.45, 7) is 6.19. The van der Waals surface area contributed by atoms with Crippen molar-refractivity contribution < 1.29 is 4.52 Å². The van der Waals surface area contributed by atoms with Gasteiger partial charge >= 0.3 is 0 Å². The van der Waals surface area contributed by atoms with Crippen LogP contribution in [-0.2, 0) is 12.5 Å². The molecule has 0 N–H and O–H groups in total. The van der Waals surface area contributed by atoms with E-state index in [1.54, 1.807) is 6.33 Å². The number of aromatic nitrogens is 4. The van der Waals surface area contributed by atoms with Gasteiger partial charge in [-0.25, -0.2) is 4.98 Å². The highest BCUT2D eigenvalue weighted by Gasteiger charge is 2.22. The minimum atomic E-state index is -0.123. The van der Waals surface area contributed by atoms with Crippen molar-refractivity contribution in [3.05, 3.63) is 30.4 Å². The Morgan fingerprint density at radius 1 is 1.21 bits per heavy atom. The summed E-state index contributed by atoms with van der Waals surface area (Å²) in [6, 6.07) is 5.90. The molecule has 0 saturated heterocycles. The molecule has 0 bridgehead atoms. The molecule has 2 aromatic heterocycles. The largest absolute Gasteiger partial charge is 0.334 e. The van der Waals surface area contributed by atoms with E-state index in [1.165, 1.54) is 0 Å². The molecular formula is C14H16N4O. The molecule has 98 valence electrons. The van der Waals surface area contributed by atoms with E-state index >= 15 is 0 Å². The van der Waals surface area contributed by atoms with Gasteiger partial charge in [0.05, 0.1) is 22.9 Å². The zero-order valence-electron chi connectivity index (χ0n) is 11.5. The Kier molecular flexibility index (Phi) is 2.45. The second-order valence-corrected chi connectivity index (χ2v) is 5.70. The lowest BCUT2D eigenvalue weighted by Gasteiger charge is -2.10. The number of fused-ring (bicyclic) bond motifs is 1. The second kappa shape index (κ2) is 3.91. The van der Waals surface area contributed by atoms with Gasteiger partial charge in [-0.15, -0.1) is 0 Å². The van der Waals surface area contributed by atoms with Gasteiger partial charge in [0.15, 0.2) is 5.82 Å². The summed E-state index contributed by atoms with van der Waals surface area (Å²) >= 11 is 0. The van der Waals surface area contributed by atoms with E-state index in [4.69, 9.17) is 4.52 Å². The SMILES string of the molecule is Cn1cnc2cccc(-c3nc(C(C)(C)C)no3)c21. The molecule has 0 radical (unpaired) electrons. The fraction of sp³-hybridized carbons (Fsp3) is 0.357. The Hall–Kier alpha value is -2.17. The van der Waals surface area contributed by atoms with Crippen molar-refractivity contribution in [2.45, 2.75) is 26.2 Å². The standard InChI is InChI=1S/C14H16N4O/c1-14(2,3)13-16-12(19-17-13)9-6-5-7-10-11(9)18(4)8-15-10/h5-8H,1-4H3. The molecule has 2 heterocycles. The number of aryl methyl sites for hydroxylation is 1. The summed E-state index contributed by atoms with van der Waals surface area (Å²) in [6.07, 6.45) is 1.79. The van der Waals surface area contributed by atoms with Crippen LogP contribution in [0.25, 0.3) is 22.5 Å². The monoisotopic (exact) mass is 256 g/mol. The van der Waals surface area contributed by atoms with Crippen molar-refractivity contribution in [3.63, 3.8) is 0 Å². The van der Waals surface area contributed by atoms with Crippen LogP contribution in [0.5, 0.6) is 0 Å². The smallest absolute Gasteiger partial charge is 0.260 e. The number of para-hydroxylation sites is 1. The van der Waals surface area contributed by atoms with Gasteiger partial charge in [0.25, 0.3) is 5.89 Å². The topological polar surface area (TPSA) is 56.7 Å². The quantitative estimate of drug-likeness (QED) is 0.671. The van der Waals surface area contributed by atoms with E-state index in [2.05, 4.69) is 35.9 Å². The molecule has 0 aliphatic carbocycles. The average Bonchev–Trinajstić information content (AvgIpc) is 2.96. The first kappa shape index (κ1) is 11.9. The van der Waals surface area contributed by atoms with Crippen molar-refractivity contribution in [1.82, 2.24) is 19.7 Å². The summed E-state index contributed by atoms with van der Waals surface area (Å²) in [7, 11) is 1.96. The molecule has 0 saturated carbocycles. The van der Waals surface area contributed by atoms with Crippen LogP contribution in [0.3, 0.4) is 0 Å². The van der Waals surface area contributed by atoms with E-state index in [1.807, 2.05) is 29.8 Å². The van der Waals surface area contributed by atoms with Crippen molar-refractivity contribution >= 4 is 11.0 Å². The maximum Gasteiger partial charge on any atom is 0.260 e. The molecule has 0 aliphatic heterocycles. The first-order valence-corrected chi connectivity index (χ1v) is 6.21. The van der Waals surface area contributed by atoms with Crippen LogP contribution < -0.4 is 0 Å². The van der Waals surface area contributed by atoms with Crippen LogP contribution >= 0.6 is 0 Å². The Bertz CT molecular complexity index is 733. The molecule has 0 spiro atoms. The lowest BCUT2D eigenvalue weighted by atomic mass is 9.96. The zero-order chi connectivity index (χ0) is 13.6. The number of rotatable bonds is 1. The van der Waals surface area contributed by atoms with Gasteiger partial charge < -0.3 is 9.09 Å². The molecule has 0 fully saturated rings. The van der Waals surface area contributed by atoms with E-state index in [-0.39, 0.29) is 5.41 Å². The fourth-order valence-electron chi connectivity index (χ4n) is 2.02. The van der Waals surface area contributed by atoms with Crippen molar-refractivity contribution in [3.8, 4) is 11.5 Å². The van der Waals surface area contributed by atoms with Crippen molar-refractivity contribution in [2.24, 2.45) is 7.05 Å². The summed E-state index contributed by atoms with van der Waals surface area (Å²) in [5.41, 5.74) is 2.73. The molecule has 0 unspecified atom stereocenters. The number of hydrogen-bond donors (Lipinski definition) is 0. The van der Waals surface area contributed by atoms with Gasteiger partial charge in [-0.1, -0.05) is 32.0 Å². The molecule has 5 heteroatoms. The molecular weight excluding hydrogens is 240 g/mol. The van der Waals surface area contributed by atoms with Gasteiger partial charge in [-0.05, 0) is 12.1 Å². The third kappa shape index (κ3) is 1.91. The Morgan fingerprint density at radius 3 is 2.68 bits per heavy atom. The van der Waals surface area contributed by atoms with Gasteiger partial charge in [-0.2, -0.15) is 4.98 Å². The van der Waals surface area contributed by atoms with Crippen LogP contribution in [0.2, 0.25) is 0 Å². The first-order chi connectivity index (χ1) is 8.97. The maximum atomic E-state index is 5.41. The molecule has 0 atom stereocenters. The molecule has 5 nitrogen and oxygen atoms in total. The highest BCUT2D eigenvalue weighted by Crippen LogP contribution is 2.28. The van der Waals surface area contributed by atoms with Gasteiger partial charge in [0, 0.05) is 12.5 Å². The summed E-state index contributed by atoms with van der Waals surface area (Å²) in [5, 5.41) is 4.07. The van der Waals surface area contributed by atoms with E-state index < -0.39 is 0 Å². The van der Waals surface area contributed by atoms with Crippen molar-refractivity contribution in [1.29, 1.82) is 0 Å². The summed E-state index contributed by atoms with van der Waals surface area (Å²) in [4.78, 5) is 8.84. The van der Waals surface area contributed by atoms with E-state index in [9.17, 15) is 0 Å². The minimum Gasteiger partial charge on any atom is -0.334 e. The van der Waals surface area contributed by atoms with Gasteiger partial charge in [0.2, 0.25) is 0 Å². The number of nitrogens with zero attached hydrogens (tertiary/aromatic N) is 4. The Morgan fingerprint density at radius 2 is 2.00 bits per heavy atom. The molecule has 3 rings (SSSR count). The molecule has 0 amide bonds. The van der Waals surface area contributed by atoms with E-state index in [0.29, 0.717) is 11.7 Å². The predicted octanol–water partition coefficient (Wildman–Crippen LogP) is 2.92. The number of benzene rings is 1. The molecule has 1 aromatic carbocycles. The lowest BCUT2D eigenvalue weighted by molar-refractivity contribution is 0.402. The Balaban J connectivity index is 2.19. The predicted molar refractivity (Wildman–Crippen MR) is 72.7 cm³/mol. The fourth-order valence-corrected chi connectivity index (χ4v) is 2.02. The van der Waals surface area contributed by atoms with Gasteiger partial charge in [0.1, 0.15) is 0 Å². The lowest BCUT2D eigenvalue weighted by Crippen LogP contribution is -2.13.